The van der Waals surface area contributed by atoms with Crippen molar-refractivity contribution in [1.29, 1.82) is 0 Å². The molecule has 0 amide bonds. The minimum Gasteiger partial charge on any atom is -0.304 e. The molecule has 0 aliphatic heterocycles. The van der Waals surface area contributed by atoms with Crippen LogP contribution in [0.25, 0.3) is 76.8 Å². The Balaban J connectivity index is 1.03. The molecule has 0 fully saturated rings. The largest absolute Gasteiger partial charge is 0.304 e. The summed E-state index contributed by atoms with van der Waals surface area (Å²) in [5.74, 6) is -2.90. The van der Waals surface area contributed by atoms with Gasteiger partial charge in [0.1, 0.15) is 34.9 Å². The van der Waals surface area contributed by atoms with Crippen molar-refractivity contribution in [1.82, 2.24) is 0 Å². The number of aryl methyl sites for hydroxylation is 2. The topological polar surface area (TPSA) is 6.48 Å². The van der Waals surface area contributed by atoms with Crippen LogP contribution in [0.3, 0.4) is 0 Å². The van der Waals surface area contributed by atoms with E-state index in [0.29, 0.717) is 44.4 Å². The van der Waals surface area contributed by atoms with Crippen molar-refractivity contribution in [2.75, 3.05) is 9.80 Å². The quantitative estimate of drug-likeness (QED) is 0.0995. The van der Waals surface area contributed by atoms with Crippen LogP contribution in [-0.4, -0.2) is 0 Å². The van der Waals surface area contributed by atoms with Gasteiger partial charge in [-0.2, -0.15) is 0 Å². The van der Waals surface area contributed by atoms with E-state index in [4.69, 9.17) is 0 Å². The van der Waals surface area contributed by atoms with Crippen LogP contribution in [0, 0.1) is 48.8 Å². The first-order valence-electron chi connectivity index (χ1n) is 24.1. The van der Waals surface area contributed by atoms with Crippen molar-refractivity contribution in [3.05, 3.63) is 264 Å². The molecule has 0 aliphatic carbocycles. The van der Waals surface area contributed by atoms with Gasteiger partial charge in [-0.1, -0.05) is 133 Å². The van der Waals surface area contributed by atoms with E-state index in [1.165, 1.54) is 48.5 Å². The zero-order valence-corrected chi connectivity index (χ0v) is 39.9. The summed E-state index contributed by atoms with van der Waals surface area (Å²) >= 11 is 0. The summed E-state index contributed by atoms with van der Waals surface area (Å²) in [5, 5.41) is 4.43. The molecule has 2 nitrogen and oxygen atoms in total. The average Bonchev–Trinajstić information content (AvgIpc) is 3.42. The standard InChI is InChI=1S/C66H42F6N2/c1-39-9-31-59(57(71)33-39)73(63-35-47(23-29-55(63)69)45-15-11-41(12-16-45)43-19-25-51(67)26-20-43)61-37-49-5-4-8-54-62(38-50-6-3-7-53(61)65(50)66(49)54)74(60-32-10-40(2)34-58(60)72)64-36-48(24-30-56(64)70)46-17-13-42(14-18-46)44-21-27-52(68)28-22-44/h3-38H,1-2H3. The minimum absolute atomic E-state index is 0.116. The fourth-order valence-electron chi connectivity index (χ4n) is 10.3. The number of hydrogen-bond acceptors (Lipinski definition) is 2. The molecular weight excluding hydrogens is 935 g/mol. The molecule has 358 valence electrons. The number of rotatable bonds is 10. The molecule has 0 aromatic heterocycles. The Labute approximate surface area is 423 Å². The van der Waals surface area contributed by atoms with Gasteiger partial charge in [0.25, 0.3) is 0 Å². The third-order valence-electron chi connectivity index (χ3n) is 13.9. The maximum atomic E-state index is 16.8. The minimum atomic E-state index is -0.576. The Morgan fingerprint density at radius 2 is 0.581 bits per heavy atom. The summed E-state index contributed by atoms with van der Waals surface area (Å²) < 4.78 is 94.4. The van der Waals surface area contributed by atoms with Gasteiger partial charge >= 0.3 is 0 Å². The van der Waals surface area contributed by atoms with Crippen molar-refractivity contribution in [2.45, 2.75) is 13.8 Å². The van der Waals surface area contributed by atoms with Gasteiger partial charge in [0.05, 0.1) is 34.1 Å². The highest BCUT2D eigenvalue weighted by atomic mass is 19.1. The zero-order chi connectivity index (χ0) is 50.8. The van der Waals surface area contributed by atoms with Crippen LogP contribution in [0.15, 0.2) is 218 Å². The number of benzene rings is 12. The Morgan fingerprint density at radius 3 is 0.932 bits per heavy atom. The molecule has 12 aromatic carbocycles. The predicted octanol–water partition coefficient (Wildman–Crippen LogP) is 19.6. The normalized spacial score (nSPS) is 11.5. The molecule has 8 heteroatoms. The lowest BCUT2D eigenvalue weighted by Gasteiger charge is -2.31. The Kier molecular flexibility index (Phi) is 11.5. The highest BCUT2D eigenvalue weighted by molar-refractivity contribution is 6.29. The van der Waals surface area contributed by atoms with E-state index in [9.17, 15) is 8.78 Å². The van der Waals surface area contributed by atoms with Crippen LogP contribution in [0.2, 0.25) is 0 Å². The summed E-state index contributed by atoms with van der Waals surface area (Å²) in [4.78, 5) is 3.26. The Bertz CT molecular complexity index is 3830. The van der Waals surface area contributed by atoms with Crippen molar-refractivity contribution < 1.29 is 26.3 Å². The van der Waals surface area contributed by atoms with Crippen LogP contribution < -0.4 is 9.80 Å². The molecule has 0 N–H and O–H groups in total. The summed E-state index contributed by atoms with van der Waals surface area (Å²) in [7, 11) is 0. The lowest BCUT2D eigenvalue weighted by atomic mass is 9.90. The molecule has 0 radical (unpaired) electrons. The highest BCUT2D eigenvalue weighted by Crippen LogP contribution is 2.51. The van der Waals surface area contributed by atoms with Crippen LogP contribution in [0.4, 0.5) is 60.5 Å². The summed E-state index contributed by atoms with van der Waals surface area (Å²) in [6, 6.07) is 62.6. The fraction of sp³-hybridized carbons (Fsp3) is 0.0303. The second kappa shape index (κ2) is 18.5. The van der Waals surface area contributed by atoms with Gasteiger partial charge in [0.2, 0.25) is 0 Å². The number of anilines is 6. The molecular formula is C66H42F6N2. The molecule has 74 heavy (non-hydrogen) atoms. The first kappa shape index (κ1) is 46.0. The molecule has 0 saturated heterocycles. The van der Waals surface area contributed by atoms with E-state index in [1.54, 1.807) is 96.4 Å². The van der Waals surface area contributed by atoms with Crippen LogP contribution in [0.5, 0.6) is 0 Å². The SMILES string of the molecule is Cc1ccc(N(c2cc(-c3ccc(-c4ccc(F)cc4)cc3)ccc2F)c2cc3cccc4c(N(c5ccc(C)cc5F)c5cc(-c6ccc(-c7ccc(F)cc7)cc6)ccc5F)cc5cccc2c5c34)c(F)c1. The molecule has 0 spiro atoms. The smallest absolute Gasteiger partial charge is 0.147 e. The second-order valence-electron chi connectivity index (χ2n) is 18.7. The number of hydrogen-bond donors (Lipinski definition) is 0. The van der Waals surface area contributed by atoms with Gasteiger partial charge in [-0.3, -0.25) is 0 Å². The molecule has 12 rings (SSSR count). The van der Waals surface area contributed by atoms with Gasteiger partial charge in [0.15, 0.2) is 0 Å². The average molecular weight is 977 g/mol. The van der Waals surface area contributed by atoms with Crippen LogP contribution in [0.1, 0.15) is 11.1 Å². The number of halogens is 6. The molecule has 0 saturated carbocycles. The van der Waals surface area contributed by atoms with Crippen LogP contribution in [-0.2, 0) is 0 Å². The molecule has 0 bridgehead atoms. The summed E-state index contributed by atoms with van der Waals surface area (Å²) in [6.45, 7) is 3.59. The van der Waals surface area contributed by atoms with Crippen molar-refractivity contribution >= 4 is 66.4 Å². The Morgan fingerprint density at radius 1 is 0.257 bits per heavy atom. The Hall–Kier alpha value is -9.14. The summed E-state index contributed by atoms with van der Waals surface area (Å²) in [5.41, 5.74) is 9.33. The van der Waals surface area contributed by atoms with Crippen LogP contribution >= 0.6 is 0 Å². The van der Waals surface area contributed by atoms with Crippen molar-refractivity contribution in [3.63, 3.8) is 0 Å². The van der Waals surface area contributed by atoms with E-state index in [2.05, 4.69) is 0 Å². The monoisotopic (exact) mass is 976 g/mol. The molecule has 0 unspecified atom stereocenters. The molecule has 0 heterocycles. The van der Waals surface area contributed by atoms with E-state index in [-0.39, 0.29) is 34.4 Å². The van der Waals surface area contributed by atoms with Gasteiger partial charge in [-0.25, -0.2) is 26.3 Å². The van der Waals surface area contributed by atoms with Crippen molar-refractivity contribution in [3.8, 4) is 44.5 Å². The van der Waals surface area contributed by atoms with E-state index >= 15 is 17.6 Å². The van der Waals surface area contributed by atoms with Gasteiger partial charge in [-0.05, 0) is 176 Å². The first-order chi connectivity index (χ1) is 35.9. The molecule has 12 aromatic rings. The zero-order valence-electron chi connectivity index (χ0n) is 39.9. The highest BCUT2D eigenvalue weighted by Gasteiger charge is 2.28. The summed E-state index contributed by atoms with van der Waals surface area (Å²) in [6.07, 6.45) is 0. The molecule has 0 atom stereocenters. The van der Waals surface area contributed by atoms with E-state index < -0.39 is 23.3 Å². The van der Waals surface area contributed by atoms with E-state index in [0.717, 1.165) is 54.9 Å². The number of nitrogens with zero attached hydrogens (tertiary/aromatic N) is 2. The fourth-order valence-corrected chi connectivity index (χ4v) is 10.3. The third kappa shape index (κ3) is 8.24. The third-order valence-corrected chi connectivity index (χ3v) is 13.9. The van der Waals surface area contributed by atoms with Gasteiger partial charge in [-0.15, -0.1) is 0 Å². The lowest BCUT2D eigenvalue weighted by Crippen LogP contribution is -2.15. The predicted molar refractivity (Wildman–Crippen MR) is 290 cm³/mol. The van der Waals surface area contributed by atoms with E-state index in [1.807, 2.05) is 97.1 Å². The molecule has 0 aliphatic rings. The van der Waals surface area contributed by atoms with Gasteiger partial charge < -0.3 is 9.80 Å². The maximum Gasteiger partial charge on any atom is 0.147 e. The first-order valence-corrected chi connectivity index (χ1v) is 24.1. The van der Waals surface area contributed by atoms with Crippen molar-refractivity contribution in [2.24, 2.45) is 0 Å². The lowest BCUT2D eigenvalue weighted by molar-refractivity contribution is 0.618. The van der Waals surface area contributed by atoms with Gasteiger partial charge in [0, 0.05) is 10.8 Å². The maximum absolute atomic E-state index is 16.8. The second-order valence-corrected chi connectivity index (χ2v) is 18.7.